The number of aryl methyl sites for hydroxylation is 1. The van der Waals surface area contributed by atoms with Crippen LogP contribution in [0.3, 0.4) is 0 Å². The first-order chi connectivity index (χ1) is 9.54. The topological polar surface area (TPSA) is 76.2 Å². The molecule has 0 aliphatic carbocycles. The first-order valence-corrected chi connectivity index (χ1v) is 6.44. The molecule has 0 radical (unpaired) electrons. The van der Waals surface area contributed by atoms with Gasteiger partial charge in [0.25, 0.3) is 0 Å². The molecule has 2 aromatic carbocycles. The van der Waals surface area contributed by atoms with Gasteiger partial charge in [0, 0.05) is 6.07 Å². The minimum absolute atomic E-state index is 0.0864. The largest absolute Gasteiger partial charge is 0.447 e. The molecule has 2 rings (SSSR count). The Labute approximate surface area is 123 Å². The number of hydrogen-bond donors (Lipinski definition) is 0. The van der Waals surface area contributed by atoms with E-state index in [-0.39, 0.29) is 11.4 Å². The van der Waals surface area contributed by atoms with E-state index < -0.39 is 4.92 Å². The molecule has 0 aliphatic rings. The average molecular weight is 333 g/mol. The monoisotopic (exact) mass is 332 g/mol. The van der Waals surface area contributed by atoms with Crippen LogP contribution in [0.25, 0.3) is 0 Å². The molecule has 0 fully saturated rings. The first kappa shape index (κ1) is 14.0. The molecule has 0 saturated carbocycles. The maximum absolute atomic E-state index is 11.0. The fourth-order valence-corrected chi connectivity index (χ4v) is 2.16. The molecule has 0 spiro atoms. The van der Waals surface area contributed by atoms with E-state index in [1.165, 1.54) is 6.07 Å². The van der Waals surface area contributed by atoms with Crippen molar-refractivity contribution in [2.24, 2.45) is 0 Å². The van der Waals surface area contributed by atoms with Crippen LogP contribution in [-0.4, -0.2) is 4.92 Å². The number of halogens is 1. The number of nitro groups is 1. The van der Waals surface area contributed by atoms with Gasteiger partial charge in [0.05, 0.1) is 15.0 Å². The van der Waals surface area contributed by atoms with Crippen LogP contribution in [0.2, 0.25) is 0 Å². The summed E-state index contributed by atoms with van der Waals surface area (Å²) in [4.78, 5) is 10.5. The predicted molar refractivity (Wildman–Crippen MR) is 76.8 cm³/mol. The third kappa shape index (κ3) is 2.63. The molecule has 0 saturated heterocycles. The fraction of sp³-hybridized carbons (Fsp3) is 0.0714. The van der Waals surface area contributed by atoms with Crippen LogP contribution in [-0.2, 0) is 0 Å². The van der Waals surface area contributed by atoms with Gasteiger partial charge in [-0.2, -0.15) is 5.26 Å². The van der Waals surface area contributed by atoms with Gasteiger partial charge in [-0.1, -0.05) is 18.2 Å². The molecule has 2 aromatic rings. The second kappa shape index (κ2) is 5.72. The highest BCUT2D eigenvalue weighted by Gasteiger charge is 2.20. The summed E-state index contributed by atoms with van der Waals surface area (Å²) in [5.41, 5.74) is 0.899. The summed E-state index contributed by atoms with van der Waals surface area (Å²) in [6, 6.07) is 11.7. The lowest BCUT2D eigenvalue weighted by Crippen LogP contribution is -1.97. The van der Waals surface area contributed by atoms with Crippen molar-refractivity contribution in [2.75, 3.05) is 0 Å². The lowest BCUT2D eigenvalue weighted by Gasteiger charge is -2.11. The molecule has 100 valence electrons. The van der Waals surface area contributed by atoms with Crippen LogP contribution in [0, 0.1) is 28.4 Å². The minimum Gasteiger partial charge on any atom is -0.447 e. The van der Waals surface area contributed by atoms with E-state index >= 15 is 0 Å². The molecule has 6 heteroatoms. The number of para-hydroxylation sites is 2. The van der Waals surface area contributed by atoms with Crippen LogP contribution < -0.4 is 4.74 Å². The minimum atomic E-state index is -0.523. The number of nitrogens with zero attached hydrogens (tertiary/aromatic N) is 2. The van der Waals surface area contributed by atoms with Crippen molar-refractivity contribution in [1.29, 1.82) is 5.26 Å². The molecule has 0 aliphatic heterocycles. The van der Waals surface area contributed by atoms with Crippen molar-refractivity contribution in [2.45, 2.75) is 6.92 Å². The van der Waals surface area contributed by atoms with Crippen LogP contribution in [0.15, 0.2) is 40.9 Å². The lowest BCUT2D eigenvalue weighted by atomic mass is 10.1. The van der Waals surface area contributed by atoms with Gasteiger partial charge < -0.3 is 4.74 Å². The molecule has 0 unspecified atom stereocenters. The number of ether oxygens (including phenoxy) is 1. The Bertz CT molecular complexity index is 723. The van der Waals surface area contributed by atoms with Gasteiger partial charge in [0.1, 0.15) is 11.8 Å². The highest BCUT2D eigenvalue weighted by atomic mass is 79.9. The summed E-state index contributed by atoms with van der Waals surface area (Å²) in [6.07, 6.45) is 0. The predicted octanol–water partition coefficient (Wildman–Crippen LogP) is 4.33. The van der Waals surface area contributed by atoms with Crippen molar-refractivity contribution in [3.05, 3.63) is 62.1 Å². The Kier molecular flexibility index (Phi) is 4.01. The zero-order valence-corrected chi connectivity index (χ0v) is 12.0. The Morgan fingerprint density at radius 2 is 1.95 bits per heavy atom. The van der Waals surface area contributed by atoms with E-state index in [4.69, 9.17) is 10.00 Å². The molecule has 0 atom stereocenters. The number of benzene rings is 2. The molecule has 20 heavy (non-hydrogen) atoms. The number of nitriles is 1. The number of nitro benzene ring substituents is 1. The maximum atomic E-state index is 11.0. The SMILES string of the molecule is Cc1cccc(C#N)c1Oc1c(Br)cccc1[N+](=O)[O-]. The van der Waals surface area contributed by atoms with Gasteiger partial charge in [-0.15, -0.1) is 0 Å². The van der Waals surface area contributed by atoms with Gasteiger partial charge in [-0.05, 0) is 40.5 Å². The van der Waals surface area contributed by atoms with Crippen molar-refractivity contribution in [1.82, 2.24) is 0 Å². The van der Waals surface area contributed by atoms with Gasteiger partial charge in [-0.25, -0.2) is 0 Å². The van der Waals surface area contributed by atoms with E-state index in [0.29, 0.717) is 15.8 Å². The second-order valence-electron chi connectivity index (χ2n) is 4.01. The third-order valence-electron chi connectivity index (χ3n) is 2.68. The van der Waals surface area contributed by atoms with Crippen LogP contribution in [0.4, 0.5) is 5.69 Å². The lowest BCUT2D eigenvalue weighted by molar-refractivity contribution is -0.385. The Hall–Kier alpha value is -2.39. The average Bonchev–Trinajstić information content (AvgIpc) is 2.42. The van der Waals surface area contributed by atoms with E-state index in [0.717, 1.165) is 5.56 Å². The molecule has 0 aromatic heterocycles. The summed E-state index contributed by atoms with van der Waals surface area (Å²) in [5.74, 6) is 0.410. The zero-order valence-electron chi connectivity index (χ0n) is 10.5. The number of rotatable bonds is 3. The van der Waals surface area contributed by atoms with Crippen LogP contribution in [0.5, 0.6) is 11.5 Å². The van der Waals surface area contributed by atoms with Crippen LogP contribution in [0.1, 0.15) is 11.1 Å². The fourth-order valence-electron chi connectivity index (χ4n) is 1.72. The third-order valence-corrected chi connectivity index (χ3v) is 3.30. The molecular formula is C14H9BrN2O3. The highest BCUT2D eigenvalue weighted by molar-refractivity contribution is 9.10. The van der Waals surface area contributed by atoms with Gasteiger partial charge >= 0.3 is 5.69 Å². The highest BCUT2D eigenvalue weighted by Crippen LogP contribution is 2.39. The maximum Gasteiger partial charge on any atom is 0.312 e. The molecule has 0 N–H and O–H groups in total. The summed E-state index contributed by atoms with van der Waals surface area (Å²) in [5, 5.41) is 20.1. The molecule has 0 heterocycles. The normalized spacial score (nSPS) is 9.85. The van der Waals surface area contributed by atoms with Gasteiger partial charge in [-0.3, -0.25) is 10.1 Å². The molecule has 0 amide bonds. The summed E-state index contributed by atoms with van der Waals surface area (Å²) in [7, 11) is 0. The quantitative estimate of drug-likeness (QED) is 0.619. The summed E-state index contributed by atoms with van der Waals surface area (Å²) >= 11 is 3.23. The van der Waals surface area contributed by atoms with E-state index in [9.17, 15) is 10.1 Å². The Morgan fingerprint density at radius 3 is 2.60 bits per heavy atom. The number of hydrogen-bond acceptors (Lipinski definition) is 4. The molecular weight excluding hydrogens is 324 g/mol. The van der Waals surface area contributed by atoms with Crippen LogP contribution >= 0.6 is 15.9 Å². The van der Waals surface area contributed by atoms with Crippen molar-refractivity contribution in [3.63, 3.8) is 0 Å². The van der Waals surface area contributed by atoms with E-state index in [1.807, 2.05) is 6.07 Å². The summed E-state index contributed by atoms with van der Waals surface area (Å²) in [6.45, 7) is 1.78. The van der Waals surface area contributed by atoms with Crippen molar-refractivity contribution >= 4 is 21.6 Å². The Morgan fingerprint density at radius 1 is 1.25 bits per heavy atom. The smallest absolute Gasteiger partial charge is 0.312 e. The standard InChI is InChI=1S/C14H9BrN2O3/c1-9-4-2-5-10(8-16)13(9)20-14-11(15)6-3-7-12(14)17(18)19/h2-7H,1H3. The zero-order chi connectivity index (χ0) is 14.7. The van der Waals surface area contributed by atoms with E-state index in [2.05, 4.69) is 15.9 Å². The second-order valence-corrected chi connectivity index (χ2v) is 4.86. The van der Waals surface area contributed by atoms with Crippen molar-refractivity contribution < 1.29 is 9.66 Å². The summed E-state index contributed by atoms with van der Waals surface area (Å²) < 4.78 is 6.10. The van der Waals surface area contributed by atoms with Gasteiger partial charge in [0.15, 0.2) is 0 Å². The molecule has 0 bridgehead atoms. The van der Waals surface area contributed by atoms with Gasteiger partial charge in [0.2, 0.25) is 5.75 Å². The first-order valence-electron chi connectivity index (χ1n) is 5.65. The molecule has 5 nitrogen and oxygen atoms in total. The Balaban J connectivity index is 2.57. The van der Waals surface area contributed by atoms with E-state index in [1.54, 1.807) is 37.3 Å². The van der Waals surface area contributed by atoms with Crippen molar-refractivity contribution in [3.8, 4) is 17.6 Å².